The van der Waals surface area contributed by atoms with E-state index in [4.69, 9.17) is 0 Å². The highest BCUT2D eigenvalue weighted by atomic mass is 16.2. The first-order chi connectivity index (χ1) is 23.2. The van der Waals surface area contributed by atoms with Gasteiger partial charge in [0.15, 0.2) is 0 Å². The van der Waals surface area contributed by atoms with Gasteiger partial charge in [-0.1, -0.05) is 50.2 Å². The van der Waals surface area contributed by atoms with Crippen LogP contribution in [0.3, 0.4) is 0 Å². The monoisotopic (exact) mass is 652 g/mol. The first-order valence-electron chi connectivity index (χ1n) is 17.1. The van der Waals surface area contributed by atoms with Gasteiger partial charge in [0, 0.05) is 49.9 Å². The fourth-order valence-corrected chi connectivity index (χ4v) is 6.41. The van der Waals surface area contributed by atoms with Gasteiger partial charge in [0.25, 0.3) is 0 Å². The number of carbonyl (C=O) groups excluding carboxylic acids is 4. The summed E-state index contributed by atoms with van der Waals surface area (Å²) in [6.07, 6.45) is 6.47. The van der Waals surface area contributed by atoms with E-state index in [0.717, 1.165) is 41.5 Å². The molecule has 1 aromatic heterocycles. The van der Waals surface area contributed by atoms with E-state index in [1.54, 1.807) is 23.2 Å². The highest BCUT2D eigenvalue weighted by Gasteiger charge is 2.41. The number of carbonyl (C=O) groups is 4. The van der Waals surface area contributed by atoms with Gasteiger partial charge in [0.2, 0.25) is 23.6 Å². The van der Waals surface area contributed by atoms with Crippen molar-refractivity contribution in [3.05, 3.63) is 89.1 Å². The lowest BCUT2D eigenvalue weighted by Gasteiger charge is -2.41. The van der Waals surface area contributed by atoms with Crippen LogP contribution in [0.5, 0.6) is 0 Å². The zero-order chi connectivity index (χ0) is 34.1. The Bertz CT molecular complexity index is 1600. The van der Waals surface area contributed by atoms with Gasteiger partial charge in [-0.2, -0.15) is 0 Å². The maximum absolute atomic E-state index is 14.3. The predicted molar refractivity (Wildman–Crippen MR) is 187 cm³/mol. The third kappa shape index (κ3) is 9.28. The van der Waals surface area contributed by atoms with E-state index in [9.17, 15) is 19.2 Å². The smallest absolute Gasteiger partial charge is 0.244 e. The molecule has 5 rings (SSSR count). The highest BCUT2D eigenvalue weighted by Crippen LogP contribution is 2.36. The van der Waals surface area contributed by atoms with Gasteiger partial charge in [-0.15, -0.1) is 0 Å². The number of hydrogen-bond donors (Lipinski definition) is 3. The van der Waals surface area contributed by atoms with Gasteiger partial charge in [0.05, 0.1) is 6.42 Å². The number of likely N-dealkylation sites (tertiary alicyclic amines) is 1. The Morgan fingerprint density at radius 3 is 2.29 bits per heavy atom. The third-order valence-corrected chi connectivity index (χ3v) is 9.52. The van der Waals surface area contributed by atoms with E-state index < -0.39 is 5.41 Å². The Hall–Kier alpha value is -4.57. The van der Waals surface area contributed by atoms with Crippen LogP contribution in [-0.4, -0.2) is 65.1 Å². The van der Waals surface area contributed by atoms with Crippen LogP contribution in [0.25, 0.3) is 0 Å². The molecule has 2 heterocycles. The molecule has 2 fully saturated rings. The summed E-state index contributed by atoms with van der Waals surface area (Å²) >= 11 is 0. The van der Waals surface area contributed by atoms with Crippen LogP contribution in [0.2, 0.25) is 0 Å². The lowest BCUT2D eigenvalue weighted by molar-refractivity contribution is -0.149. The minimum absolute atomic E-state index is 0.0839. The minimum atomic E-state index is -0.689. The molecule has 10 heteroatoms. The molecular weight excluding hydrogens is 604 g/mol. The molecule has 254 valence electrons. The molecule has 1 aliphatic heterocycles. The number of nitrogens with zero attached hydrogens (tertiary/aromatic N) is 3. The number of anilines is 2. The predicted octanol–water partition coefficient (Wildman–Crippen LogP) is 4.94. The second-order valence-corrected chi connectivity index (χ2v) is 13.4. The summed E-state index contributed by atoms with van der Waals surface area (Å²) in [6.45, 7) is 5.89. The Morgan fingerprint density at radius 2 is 1.62 bits per heavy atom. The van der Waals surface area contributed by atoms with E-state index in [-0.39, 0.29) is 43.1 Å². The summed E-state index contributed by atoms with van der Waals surface area (Å²) in [5.41, 5.74) is 3.74. The first-order valence-corrected chi connectivity index (χ1v) is 17.1. The van der Waals surface area contributed by atoms with Gasteiger partial charge >= 0.3 is 0 Å². The van der Waals surface area contributed by atoms with Crippen LogP contribution >= 0.6 is 0 Å². The summed E-state index contributed by atoms with van der Waals surface area (Å²) < 4.78 is 0. The first kappa shape index (κ1) is 34.8. The Balaban J connectivity index is 1.30. The normalized spacial score (nSPS) is 15.4. The van der Waals surface area contributed by atoms with Crippen molar-refractivity contribution < 1.29 is 19.2 Å². The largest absolute Gasteiger partial charge is 0.343 e. The van der Waals surface area contributed by atoms with Gasteiger partial charge in [-0.25, -0.2) is 4.98 Å². The SMILES string of the molecule is CCc1ccc(NC(=O)CN(Cc2ccccc2CNC)C(=O)C2(C)CCN(C(=O)CC3CC3)CC2)cc1CC(=O)Nc1ccccn1. The van der Waals surface area contributed by atoms with E-state index in [2.05, 4.69) is 20.9 Å². The molecule has 0 spiro atoms. The summed E-state index contributed by atoms with van der Waals surface area (Å²) in [5, 5.41) is 9.00. The molecule has 1 saturated carbocycles. The van der Waals surface area contributed by atoms with E-state index in [0.29, 0.717) is 56.3 Å². The molecule has 3 N–H and O–H groups in total. The maximum atomic E-state index is 14.3. The van der Waals surface area contributed by atoms with Crippen LogP contribution in [0, 0.1) is 11.3 Å². The number of amides is 4. The van der Waals surface area contributed by atoms with E-state index in [1.807, 2.05) is 74.3 Å². The molecule has 2 aromatic carbocycles. The van der Waals surface area contributed by atoms with Gasteiger partial charge in [-0.3, -0.25) is 19.2 Å². The zero-order valence-electron chi connectivity index (χ0n) is 28.4. The molecule has 0 atom stereocenters. The van der Waals surface area contributed by atoms with Gasteiger partial charge in [0.1, 0.15) is 12.4 Å². The van der Waals surface area contributed by atoms with Crippen LogP contribution in [0.1, 0.15) is 68.2 Å². The third-order valence-electron chi connectivity index (χ3n) is 9.52. The molecule has 48 heavy (non-hydrogen) atoms. The number of piperidine rings is 1. The topological polar surface area (TPSA) is 124 Å². The number of nitrogens with one attached hydrogen (secondary N) is 3. The summed E-state index contributed by atoms with van der Waals surface area (Å²) in [4.78, 5) is 61.3. The number of benzene rings is 2. The van der Waals surface area contributed by atoms with Crippen molar-refractivity contribution in [3.8, 4) is 0 Å². The van der Waals surface area contributed by atoms with Crippen molar-refractivity contribution in [2.24, 2.45) is 11.3 Å². The van der Waals surface area contributed by atoms with Gasteiger partial charge < -0.3 is 25.8 Å². The van der Waals surface area contributed by atoms with Crippen molar-refractivity contribution in [1.29, 1.82) is 0 Å². The lowest BCUT2D eigenvalue weighted by Crippen LogP contribution is -2.51. The minimum Gasteiger partial charge on any atom is -0.343 e. The lowest BCUT2D eigenvalue weighted by atomic mass is 9.78. The Kier molecular flexibility index (Phi) is 11.6. The zero-order valence-corrected chi connectivity index (χ0v) is 28.4. The second-order valence-electron chi connectivity index (χ2n) is 13.4. The quantitative estimate of drug-likeness (QED) is 0.227. The summed E-state index contributed by atoms with van der Waals surface area (Å²) in [5.74, 6) is 0.597. The standard InChI is InChI=1S/C38H48N6O4/c1-4-28-14-15-32(22-31(28)23-34(45)42-33-11-7-8-18-40-33)41-35(46)26-44(25-30-10-6-5-9-29(30)24-39-3)37(48)38(2)16-19-43(20-17-38)36(47)21-27-12-13-27/h5-11,14-15,18,22,27,39H,4,12-13,16-17,19-21,23-26H2,1-3H3,(H,41,46)(H,40,42,45). The summed E-state index contributed by atoms with van der Waals surface area (Å²) in [6, 6.07) is 18.9. The van der Waals surface area contributed by atoms with Crippen molar-refractivity contribution >= 4 is 35.1 Å². The number of hydrogen-bond acceptors (Lipinski definition) is 6. The fourth-order valence-electron chi connectivity index (χ4n) is 6.41. The average molecular weight is 653 g/mol. The Labute approximate surface area is 283 Å². The molecule has 2 aliphatic rings. The molecular formula is C38H48N6O4. The fraction of sp³-hybridized carbons (Fsp3) is 0.447. The Morgan fingerprint density at radius 1 is 0.896 bits per heavy atom. The average Bonchev–Trinajstić information content (AvgIpc) is 3.90. The molecule has 1 saturated heterocycles. The van der Waals surface area contributed by atoms with Gasteiger partial charge in [-0.05, 0) is 91.6 Å². The van der Waals surface area contributed by atoms with Crippen LogP contribution in [0.4, 0.5) is 11.5 Å². The molecule has 0 radical (unpaired) electrons. The molecule has 10 nitrogen and oxygen atoms in total. The van der Waals surface area contributed by atoms with E-state index in [1.165, 1.54) is 0 Å². The molecule has 3 aromatic rings. The van der Waals surface area contributed by atoms with Crippen LogP contribution < -0.4 is 16.0 Å². The van der Waals surface area contributed by atoms with Crippen molar-refractivity contribution in [1.82, 2.24) is 20.1 Å². The number of aryl methyl sites for hydroxylation is 1. The molecule has 0 bridgehead atoms. The van der Waals surface area contributed by atoms with Crippen LogP contribution in [-0.2, 0) is 45.1 Å². The summed E-state index contributed by atoms with van der Waals surface area (Å²) in [7, 11) is 1.88. The number of rotatable bonds is 14. The molecule has 4 amide bonds. The number of aromatic nitrogens is 1. The van der Waals surface area contributed by atoms with E-state index >= 15 is 0 Å². The maximum Gasteiger partial charge on any atom is 0.244 e. The van der Waals surface area contributed by atoms with Crippen LogP contribution in [0.15, 0.2) is 66.9 Å². The second kappa shape index (κ2) is 16.0. The number of pyridine rings is 1. The van der Waals surface area contributed by atoms with Crippen molar-refractivity contribution in [2.75, 3.05) is 37.3 Å². The van der Waals surface area contributed by atoms with Crippen molar-refractivity contribution in [3.63, 3.8) is 0 Å². The van der Waals surface area contributed by atoms with Crippen molar-refractivity contribution in [2.45, 2.75) is 71.9 Å². The molecule has 1 aliphatic carbocycles. The highest BCUT2D eigenvalue weighted by molar-refractivity contribution is 5.96. The molecule has 0 unspecified atom stereocenters.